The molecule has 200 valence electrons. The van der Waals surface area contributed by atoms with Gasteiger partial charge in [-0.05, 0) is 37.3 Å². The van der Waals surface area contributed by atoms with Crippen molar-refractivity contribution in [3.05, 3.63) is 54.1 Å². The molecule has 3 amide bonds. The minimum atomic E-state index is -1.18. The van der Waals surface area contributed by atoms with E-state index in [1.165, 1.54) is 12.5 Å². The molecular weight excluding hydrogens is 476 g/mol. The third-order valence-electron chi connectivity index (χ3n) is 6.23. The monoisotopic (exact) mass is 512 g/mol. The number of benzene rings is 1. The molecule has 1 saturated heterocycles. The maximum Gasteiger partial charge on any atom is 0.326 e. The number of aromatic nitrogens is 2. The van der Waals surface area contributed by atoms with Gasteiger partial charge in [-0.2, -0.15) is 0 Å². The Labute approximate surface area is 216 Å². The zero-order chi connectivity index (χ0) is 26.8. The van der Waals surface area contributed by atoms with Crippen molar-refractivity contribution in [3.63, 3.8) is 0 Å². The van der Waals surface area contributed by atoms with Gasteiger partial charge in [0.05, 0.1) is 12.4 Å². The van der Waals surface area contributed by atoms with Crippen molar-refractivity contribution in [2.75, 3.05) is 6.54 Å². The number of aromatic amines is 1. The fourth-order valence-corrected chi connectivity index (χ4v) is 4.30. The first-order chi connectivity index (χ1) is 17.7. The van der Waals surface area contributed by atoms with E-state index in [-0.39, 0.29) is 30.7 Å². The molecule has 6 N–H and O–H groups in total. The Morgan fingerprint density at radius 1 is 1.00 bits per heavy atom. The van der Waals surface area contributed by atoms with Crippen LogP contribution in [0.15, 0.2) is 42.9 Å². The number of carboxylic acid groups (broad SMARTS) is 1. The number of rotatable bonds is 13. The number of hydrogen-bond acceptors (Lipinski definition) is 6. The molecule has 11 nitrogen and oxygen atoms in total. The average Bonchev–Trinajstić information content (AvgIpc) is 3.57. The van der Waals surface area contributed by atoms with Crippen LogP contribution in [-0.4, -0.2) is 69.5 Å². The lowest BCUT2D eigenvalue weighted by Crippen LogP contribution is -2.58. The van der Waals surface area contributed by atoms with Crippen molar-refractivity contribution >= 4 is 23.7 Å². The van der Waals surface area contributed by atoms with Gasteiger partial charge in [0, 0.05) is 24.7 Å². The lowest BCUT2D eigenvalue weighted by molar-refractivity contribution is -0.142. The van der Waals surface area contributed by atoms with Crippen molar-refractivity contribution in [3.8, 4) is 0 Å². The predicted molar refractivity (Wildman–Crippen MR) is 136 cm³/mol. The number of H-pyrrole nitrogens is 1. The molecule has 2 heterocycles. The van der Waals surface area contributed by atoms with Crippen LogP contribution in [0, 0.1) is 5.92 Å². The van der Waals surface area contributed by atoms with Gasteiger partial charge in [0.25, 0.3) is 0 Å². The second-order valence-corrected chi connectivity index (χ2v) is 9.77. The fraction of sp³-hybridized carbons (Fsp3) is 0.500. The van der Waals surface area contributed by atoms with Crippen molar-refractivity contribution < 1.29 is 24.3 Å². The number of carboxylic acids is 1. The van der Waals surface area contributed by atoms with Crippen LogP contribution < -0.4 is 21.3 Å². The van der Waals surface area contributed by atoms with Crippen LogP contribution in [0.1, 0.15) is 44.4 Å². The molecule has 0 saturated carbocycles. The molecule has 0 aliphatic carbocycles. The van der Waals surface area contributed by atoms with Crippen LogP contribution in [0.4, 0.5) is 0 Å². The summed E-state index contributed by atoms with van der Waals surface area (Å²) in [6.45, 7) is 4.63. The molecule has 3 rings (SSSR count). The summed E-state index contributed by atoms with van der Waals surface area (Å²) in [4.78, 5) is 58.1. The van der Waals surface area contributed by atoms with E-state index < -0.39 is 35.9 Å². The first kappa shape index (κ1) is 27.9. The largest absolute Gasteiger partial charge is 0.480 e. The Morgan fingerprint density at radius 2 is 1.70 bits per heavy atom. The molecule has 1 aromatic carbocycles. The van der Waals surface area contributed by atoms with Crippen molar-refractivity contribution in [2.24, 2.45) is 5.92 Å². The van der Waals surface area contributed by atoms with Gasteiger partial charge >= 0.3 is 5.97 Å². The van der Waals surface area contributed by atoms with Crippen LogP contribution >= 0.6 is 0 Å². The van der Waals surface area contributed by atoms with Gasteiger partial charge in [-0.15, -0.1) is 0 Å². The topological polar surface area (TPSA) is 165 Å². The van der Waals surface area contributed by atoms with E-state index in [4.69, 9.17) is 0 Å². The van der Waals surface area contributed by atoms with Crippen molar-refractivity contribution in [1.29, 1.82) is 0 Å². The number of carbonyl (C=O) groups is 4. The van der Waals surface area contributed by atoms with E-state index in [1.54, 1.807) is 24.3 Å². The predicted octanol–water partition coefficient (Wildman–Crippen LogP) is 0.532. The highest BCUT2D eigenvalue weighted by molar-refractivity contribution is 5.94. The summed E-state index contributed by atoms with van der Waals surface area (Å²) < 4.78 is 0. The number of hydrogen-bond donors (Lipinski definition) is 6. The van der Waals surface area contributed by atoms with Gasteiger partial charge in [-0.25, -0.2) is 9.78 Å². The number of nitrogens with one attached hydrogen (secondary N) is 5. The molecule has 4 unspecified atom stereocenters. The van der Waals surface area contributed by atoms with E-state index in [2.05, 4.69) is 31.2 Å². The number of nitrogens with zero attached hydrogens (tertiary/aromatic N) is 1. The average molecular weight is 513 g/mol. The van der Waals surface area contributed by atoms with Gasteiger partial charge in [-0.1, -0.05) is 44.2 Å². The molecule has 4 atom stereocenters. The van der Waals surface area contributed by atoms with E-state index >= 15 is 0 Å². The van der Waals surface area contributed by atoms with Gasteiger partial charge in [0.15, 0.2) is 0 Å². The molecule has 1 aliphatic rings. The molecule has 1 aliphatic heterocycles. The van der Waals surface area contributed by atoms with Crippen LogP contribution in [0.2, 0.25) is 0 Å². The van der Waals surface area contributed by atoms with E-state index in [9.17, 15) is 24.3 Å². The summed E-state index contributed by atoms with van der Waals surface area (Å²) >= 11 is 0. The molecule has 0 spiro atoms. The molecule has 1 aromatic heterocycles. The van der Waals surface area contributed by atoms with Crippen LogP contribution in [0.5, 0.6) is 0 Å². The number of imidazole rings is 1. The third-order valence-corrected chi connectivity index (χ3v) is 6.23. The lowest BCUT2D eigenvalue weighted by Gasteiger charge is -2.26. The smallest absolute Gasteiger partial charge is 0.326 e. The molecule has 11 heteroatoms. The fourth-order valence-electron chi connectivity index (χ4n) is 4.30. The first-order valence-electron chi connectivity index (χ1n) is 12.6. The summed E-state index contributed by atoms with van der Waals surface area (Å²) in [5, 5.41) is 21.0. The molecule has 0 bridgehead atoms. The SMILES string of the molecule is CC(C)CC(NC(=O)C1CCCN1)C(=O)NC(Cc1cnc[nH]1)C(=O)NC(Cc1ccccc1)C(=O)O. The van der Waals surface area contributed by atoms with Crippen molar-refractivity contribution in [1.82, 2.24) is 31.2 Å². The highest BCUT2D eigenvalue weighted by Crippen LogP contribution is 2.10. The molecule has 0 radical (unpaired) electrons. The number of carbonyl (C=O) groups excluding carboxylic acids is 3. The normalized spacial score (nSPS) is 17.5. The van der Waals surface area contributed by atoms with Gasteiger partial charge in [0.2, 0.25) is 17.7 Å². The highest BCUT2D eigenvalue weighted by Gasteiger charge is 2.32. The Hall–Kier alpha value is -3.73. The lowest BCUT2D eigenvalue weighted by atomic mass is 10.0. The Balaban J connectivity index is 1.73. The third kappa shape index (κ3) is 8.71. The number of aliphatic carboxylic acids is 1. The zero-order valence-corrected chi connectivity index (χ0v) is 21.2. The second kappa shape index (κ2) is 13.5. The van der Waals surface area contributed by atoms with Crippen molar-refractivity contribution in [2.45, 2.75) is 70.1 Å². The van der Waals surface area contributed by atoms with E-state index in [1.807, 2.05) is 19.9 Å². The molecule has 2 aromatic rings. The summed E-state index contributed by atoms with van der Waals surface area (Å²) in [6.07, 6.45) is 5.12. The maximum atomic E-state index is 13.3. The quantitative estimate of drug-likeness (QED) is 0.228. The summed E-state index contributed by atoms with van der Waals surface area (Å²) in [6, 6.07) is 5.52. The zero-order valence-electron chi connectivity index (χ0n) is 21.2. The summed E-state index contributed by atoms with van der Waals surface area (Å²) in [5.74, 6) is -2.47. The molecule has 1 fully saturated rings. The van der Waals surface area contributed by atoms with Crippen LogP contribution in [-0.2, 0) is 32.0 Å². The van der Waals surface area contributed by atoms with Crippen LogP contribution in [0.3, 0.4) is 0 Å². The summed E-state index contributed by atoms with van der Waals surface area (Å²) in [7, 11) is 0. The van der Waals surface area contributed by atoms with E-state index in [0.717, 1.165) is 18.5 Å². The van der Waals surface area contributed by atoms with Crippen LogP contribution in [0.25, 0.3) is 0 Å². The second-order valence-electron chi connectivity index (χ2n) is 9.77. The first-order valence-corrected chi connectivity index (χ1v) is 12.6. The molecule has 37 heavy (non-hydrogen) atoms. The molecular formula is C26H36N6O5. The maximum absolute atomic E-state index is 13.3. The van der Waals surface area contributed by atoms with Gasteiger partial charge in [-0.3, -0.25) is 14.4 Å². The minimum Gasteiger partial charge on any atom is -0.480 e. The Kier molecular flexibility index (Phi) is 10.2. The van der Waals surface area contributed by atoms with Gasteiger partial charge in [0.1, 0.15) is 18.1 Å². The standard InChI is InChI=1S/C26H36N6O5/c1-16(2)11-20(30-23(33)19-9-6-10-28-19)24(34)31-21(13-18-14-27-15-29-18)25(35)32-22(26(36)37)12-17-7-4-3-5-8-17/h3-5,7-8,14-16,19-22,28H,6,9-13H2,1-2H3,(H,27,29)(H,30,33)(H,31,34)(H,32,35)(H,36,37). The summed E-state index contributed by atoms with van der Waals surface area (Å²) in [5.41, 5.74) is 1.35. The Morgan fingerprint density at radius 3 is 2.30 bits per heavy atom. The highest BCUT2D eigenvalue weighted by atomic mass is 16.4. The van der Waals surface area contributed by atoms with E-state index in [0.29, 0.717) is 18.5 Å². The Bertz CT molecular complexity index is 1040. The minimum absolute atomic E-state index is 0.0712. The number of amides is 3. The van der Waals surface area contributed by atoms with Gasteiger partial charge < -0.3 is 31.4 Å².